The van der Waals surface area contributed by atoms with Crippen LogP contribution in [0.3, 0.4) is 0 Å². The van der Waals surface area contributed by atoms with Crippen LogP contribution in [0.4, 0.5) is 0 Å². The monoisotopic (exact) mass is 248 g/mol. The quantitative estimate of drug-likeness (QED) is 0.531. The molecule has 1 aliphatic carbocycles. The maximum absolute atomic E-state index is 6.30. The molecule has 0 saturated heterocycles. The first kappa shape index (κ1) is 13.5. The predicted molar refractivity (Wildman–Crippen MR) is 69.6 cm³/mol. The fourth-order valence-corrected chi connectivity index (χ4v) is 3.94. The van der Waals surface area contributed by atoms with Crippen molar-refractivity contribution < 1.29 is 4.43 Å². The van der Waals surface area contributed by atoms with Crippen LogP contribution in [0.25, 0.3) is 0 Å². The Hall–Kier alpha value is 0.467. The summed E-state index contributed by atoms with van der Waals surface area (Å²) in [5.74, 6) is 2.24. The van der Waals surface area contributed by atoms with Gasteiger partial charge in [0.15, 0.2) is 0 Å². The van der Waals surface area contributed by atoms with Crippen molar-refractivity contribution in [2.24, 2.45) is 17.8 Å². The van der Waals surface area contributed by atoms with Crippen LogP contribution in [0.15, 0.2) is 0 Å². The lowest BCUT2D eigenvalue weighted by Gasteiger charge is -2.39. The lowest BCUT2D eigenvalue weighted by atomic mass is 9.75. The number of hydrogen-bond donors (Lipinski definition) is 0. The Kier molecular flexibility index (Phi) is 4.69. The third-order valence-electron chi connectivity index (χ3n) is 3.39. The average Bonchev–Trinajstić information content (AvgIpc) is 1.99. The highest BCUT2D eigenvalue weighted by atomic mass is 35.6. The van der Waals surface area contributed by atoms with Crippen LogP contribution in [-0.2, 0) is 4.43 Å². The zero-order valence-corrected chi connectivity index (χ0v) is 12.5. The van der Waals surface area contributed by atoms with E-state index in [0.29, 0.717) is 12.0 Å². The van der Waals surface area contributed by atoms with Gasteiger partial charge in [-0.1, -0.05) is 27.2 Å². The smallest absolute Gasteiger partial charge is 0.284 e. The highest BCUT2D eigenvalue weighted by Crippen LogP contribution is 2.37. The van der Waals surface area contributed by atoms with Gasteiger partial charge >= 0.3 is 0 Å². The van der Waals surface area contributed by atoms with Crippen LogP contribution < -0.4 is 0 Å². The summed E-state index contributed by atoms with van der Waals surface area (Å²) in [7, 11) is -1.89. The molecular formula is C12H25ClOSi. The Morgan fingerprint density at radius 2 is 1.87 bits per heavy atom. The maximum atomic E-state index is 6.30. The minimum atomic E-state index is -1.89. The molecule has 0 unspecified atom stereocenters. The Morgan fingerprint density at radius 1 is 1.27 bits per heavy atom. The minimum Gasteiger partial charge on any atom is -0.400 e. The van der Waals surface area contributed by atoms with Crippen molar-refractivity contribution in [2.45, 2.75) is 59.2 Å². The molecule has 0 radical (unpaired) electrons. The van der Waals surface area contributed by atoms with Gasteiger partial charge in [0.1, 0.15) is 0 Å². The van der Waals surface area contributed by atoms with E-state index in [9.17, 15) is 0 Å². The Labute approximate surface area is 100 Å². The number of halogens is 1. The highest BCUT2D eigenvalue weighted by molar-refractivity contribution is 7.15. The molecule has 0 spiro atoms. The zero-order chi connectivity index (χ0) is 11.6. The van der Waals surface area contributed by atoms with Gasteiger partial charge in [0, 0.05) is 6.10 Å². The molecule has 3 atom stereocenters. The average molecular weight is 249 g/mol. The molecule has 0 N–H and O–H groups in total. The summed E-state index contributed by atoms with van der Waals surface area (Å²) in [6.07, 6.45) is 4.28. The fourth-order valence-electron chi connectivity index (χ4n) is 2.61. The van der Waals surface area contributed by atoms with E-state index in [2.05, 4.69) is 33.9 Å². The van der Waals surface area contributed by atoms with Gasteiger partial charge in [0.2, 0.25) is 0 Å². The second kappa shape index (κ2) is 5.20. The molecule has 0 aromatic rings. The molecule has 1 nitrogen and oxygen atoms in total. The Balaban J connectivity index is 2.62. The maximum Gasteiger partial charge on any atom is 0.284 e. The molecule has 0 aromatic heterocycles. The fraction of sp³-hybridized carbons (Fsp3) is 1.00. The molecule has 15 heavy (non-hydrogen) atoms. The van der Waals surface area contributed by atoms with E-state index in [1.165, 1.54) is 19.3 Å². The first-order chi connectivity index (χ1) is 6.79. The van der Waals surface area contributed by atoms with Crippen LogP contribution in [0.2, 0.25) is 13.1 Å². The Morgan fingerprint density at radius 3 is 2.33 bits per heavy atom. The largest absolute Gasteiger partial charge is 0.400 e. The van der Waals surface area contributed by atoms with E-state index in [0.717, 1.165) is 11.8 Å². The molecule has 1 saturated carbocycles. The van der Waals surface area contributed by atoms with Crippen LogP contribution in [0, 0.1) is 17.8 Å². The Bertz CT molecular complexity index is 200. The van der Waals surface area contributed by atoms with Crippen molar-refractivity contribution in [1.29, 1.82) is 0 Å². The molecule has 0 aliphatic heterocycles. The topological polar surface area (TPSA) is 9.23 Å². The second-order valence-electron chi connectivity index (χ2n) is 5.85. The van der Waals surface area contributed by atoms with Gasteiger partial charge in [-0.3, -0.25) is 0 Å². The molecule has 1 fully saturated rings. The summed E-state index contributed by atoms with van der Waals surface area (Å²) >= 11 is 6.30. The van der Waals surface area contributed by atoms with E-state index < -0.39 is 7.63 Å². The molecule has 0 bridgehead atoms. The van der Waals surface area contributed by atoms with Crippen LogP contribution in [-0.4, -0.2) is 13.7 Å². The third kappa shape index (κ3) is 4.45. The standard InChI is InChI=1S/C12H25ClOSi/c1-9(2)11-7-6-10(3)8-12(11)14-15(4,5)13/h9-12H,6-8H2,1-5H3/t10-,11+,12-/m1/s1. The van der Waals surface area contributed by atoms with Gasteiger partial charge in [0.25, 0.3) is 7.63 Å². The summed E-state index contributed by atoms with van der Waals surface area (Å²) in [4.78, 5) is 0. The molecular weight excluding hydrogens is 224 g/mol. The molecule has 0 aromatic carbocycles. The third-order valence-corrected chi connectivity index (χ3v) is 4.52. The van der Waals surface area contributed by atoms with Crippen molar-refractivity contribution in [3.05, 3.63) is 0 Å². The van der Waals surface area contributed by atoms with Crippen molar-refractivity contribution in [1.82, 2.24) is 0 Å². The molecule has 1 aliphatic rings. The SMILES string of the molecule is CC(C)[C@@H]1CC[C@@H](C)C[C@H]1O[Si](C)(C)Cl. The van der Waals surface area contributed by atoms with Gasteiger partial charge in [-0.15, -0.1) is 11.1 Å². The van der Waals surface area contributed by atoms with Gasteiger partial charge in [-0.05, 0) is 43.7 Å². The van der Waals surface area contributed by atoms with Crippen molar-refractivity contribution >= 4 is 18.7 Å². The highest BCUT2D eigenvalue weighted by Gasteiger charge is 2.35. The van der Waals surface area contributed by atoms with E-state index in [4.69, 9.17) is 15.5 Å². The summed E-state index contributed by atoms with van der Waals surface area (Å²) in [6.45, 7) is 11.1. The molecule has 1 rings (SSSR count). The van der Waals surface area contributed by atoms with E-state index in [-0.39, 0.29) is 0 Å². The minimum absolute atomic E-state index is 0.410. The molecule has 3 heteroatoms. The van der Waals surface area contributed by atoms with Crippen molar-refractivity contribution in [2.75, 3.05) is 0 Å². The van der Waals surface area contributed by atoms with Gasteiger partial charge in [-0.2, -0.15) is 0 Å². The van der Waals surface area contributed by atoms with E-state index in [1.54, 1.807) is 0 Å². The normalized spacial score (nSPS) is 33.4. The molecule has 0 amide bonds. The van der Waals surface area contributed by atoms with Crippen LogP contribution in [0.1, 0.15) is 40.0 Å². The zero-order valence-electron chi connectivity index (χ0n) is 10.7. The number of rotatable bonds is 3. The van der Waals surface area contributed by atoms with E-state index in [1.807, 2.05) is 0 Å². The van der Waals surface area contributed by atoms with Gasteiger partial charge in [0.05, 0.1) is 0 Å². The van der Waals surface area contributed by atoms with Crippen molar-refractivity contribution in [3.63, 3.8) is 0 Å². The molecule has 90 valence electrons. The first-order valence-electron chi connectivity index (χ1n) is 6.16. The number of hydrogen-bond acceptors (Lipinski definition) is 1. The van der Waals surface area contributed by atoms with E-state index >= 15 is 0 Å². The second-order valence-corrected chi connectivity index (χ2v) is 11.5. The summed E-state index contributed by atoms with van der Waals surface area (Å²) in [6, 6.07) is 0. The first-order valence-corrected chi connectivity index (χ1v) is 10.1. The predicted octanol–water partition coefficient (Wildman–Crippen LogP) is 4.40. The van der Waals surface area contributed by atoms with Crippen LogP contribution in [0.5, 0.6) is 0 Å². The summed E-state index contributed by atoms with van der Waals surface area (Å²) in [5.41, 5.74) is 0. The van der Waals surface area contributed by atoms with Crippen LogP contribution >= 0.6 is 11.1 Å². The summed E-state index contributed by atoms with van der Waals surface area (Å²) in [5, 5.41) is 0. The van der Waals surface area contributed by atoms with Crippen molar-refractivity contribution in [3.8, 4) is 0 Å². The lowest BCUT2D eigenvalue weighted by Crippen LogP contribution is -2.40. The lowest BCUT2D eigenvalue weighted by molar-refractivity contribution is 0.0432. The van der Waals surface area contributed by atoms with Gasteiger partial charge < -0.3 is 4.43 Å². The molecule has 0 heterocycles. The summed E-state index contributed by atoms with van der Waals surface area (Å²) < 4.78 is 6.13. The van der Waals surface area contributed by atoms with Gasteiger partial charge in [-0.25, -0.2) is 0 Å².